The molecule has 102 valence electrons. The summed E-state index contributed by atoms with van der Waals surface area (Å²) in [6.07, 6.45) is -0.739. The normalized spacial score (nSPS) is 11.9. The lowest BCUT2D eigenvalue weighted by atomic mass is 10.0. The maximum Gasteiger partial charge on any atom is 0.416 e. The van der Waals surface area contributed by atoms with Crippen molar-refractivity contribution in [3.05, 3.63) is 71.8 Å². The zero-order chi connectivity index (χ0) is 14.2. The molecule has 0 spiro atoms. The lowest BCUT2D eigenvalue weighted by molar-refractivity contribution is -0.138. The van der Waals surface area contributed by atoms with Crippen molar-refractivity contribution in [1.82, 2.24) is 9.38 Å². The largest absolute Gasteiger partial charge is 0.416 e. The van der Waals surface area contributed by atoms with E-state index < -0.39 is 11.7 Å². The molecule has 0 N–H and O–H groups in total. The smallest absolute Gasteiger partial charge is 0.303 e. The number of nitrogens with zero attached hydrogens (tertiary/aromatic N) is 2. The molecule has 0 aliphatic heterocycles. The van der Waals surface area contributed by atoms with Crippen molar-refractivity contribution in [2.24, 2.45) is 0 Å². The molecule has 2 heterocycles. The van der Waals surface area contributed by atoms with Crippen LogP contribution in [0.2, 0.25) is 0 Å². The monoisotopic (exact) mass is 276 g/mol. The molecule has 20 heavy (non-hydrogen) atoms. The molecule has 0 saturated heterocycles. The molecule has 0 saturated carbocycles. The highest BCUT2D eigenvalue weighted by Gasteiger charge is 2.33. The topological polar surface area (TPSA) is 17.3 Å². The molecule has 1 aromatic carbocycles. The van der Waals surface area contributed by atoms with E-state index in [0.717, 1.165) is 11.6 Å². The van der Waals surface area contributed by atoms with Gasteiger partial charge in [-0.3, -0.25) is 0 Å². The lowest BCUT2D eigenvalue weighted by Crippen LogP contribution is -2.10. The van der Waals surface area contributed by atoms with Crippen molar-refractivity contribution >= 4 is 5.52 Å². The van der Waals surface area contributed by atoms with Crippen LogP contribution in [0.3, 0.4) is 0 Å². The Kier molecular flexibility index (Phi) is 2.97. The molecule has 2 aromatic heterocycles. The molecule has 0 fully saturated rings. The number of imidazole rings is 1. The van der Waals surface area contributed by atoms with Crippen molar-refractivity contribution in [2.45, 2.75) is 12.6 Å². The zero-order valence-electron chi connectivity index (χ0n) is 10.4. The molecule has 0 radical (unpaired) electrons. The van der Waals surface area contributed by atoms with Gasteiger partial charge in [0.1, 0.15) is 5.82 Å². The van der Waals surface area contributed by atoms with E-state index in [1.54, 1.807) is 22.9 Å². The third-order valence-electron chi connectivity index (χ3n) is 3.19. The predicted molar refractivity (Wildman–Crippen MR) is 69.4 cm³/mol. The van der Waals surface area contributed by atoms with E-state index in [1.807, 2.05) is 18.2 Å². The number of fused-ring (bicyclic) bond motifs is 1. The van der Waals surface area contributed by atoms with Gasteiger partial charge in [0.15, 0.2) is 0 Å². The minimum absolute atomic E-state index is 0.147. The van der Waals surface area contributed by atoms with E-state index in [1.165, 1.54) is 12.1 Å². The summed E-state index contributed by atoms with van der Waals surface area (Å²) in [6.45, 7) is 0. The van der Waals surface area contributed by atoms with Crippen LogP contribution in [0.25, 0.3) is 5.52 Å². The third-order valence-corrected chi connectivity index (χ3v) is 3.19. The number of alkyl halides is 3. The summed E-state index contributed by atoms with van der Waals surface area (Å²) in [5, 5.41) is 0. The Bertz CT molecular complexity index is 744. The minimum atomic E-state index is -4.34. The molecule has 0 bridgehead atoms. The fourth-order valence-corrected chi connectivity index (χ4v) is 2.25. The first-order valence-corrected chi connectivity index (χ1v) is 6.12. The quantitative estimate of drug-likeness (QED) is 0.693. The number of rotatable bonds is 2. The molecule has 0 atom stereocenters. The second-order valence-electron chi connectivity index (χ2n) is 4.50. The average molecular weight is 276 g/mol. The molecular formula is C15H11F3N2. The van der Waals surface area contributed by atoms with Crippen LogP contribution in [0.15, 0.2) is 54.9 Å². The number of pyridine rings is 1. The maximum atomic E-state index is 13.0. The molecular weight excluding hydrogens is 265 g/mol. The highest BCUT2D eigenvalue weighted by molar-refractivity contribution is 5.46. The van der Waals surface area contributed by atoms with Crippen molar-refractivity contribution < 1.29 is 13.2 Å². The van der Waals surface area contributed by atoms with Crippen molar-refractivity contribution in [2.75, 3.05) is 0 Å². The first-order valence-electron chi connectivity index (χ1n) is 6.12. The van der Waals surface area contributed by atoms with Crippen LogP contribution in [-0.4, -0.2) is 9.38 Å². The first-order chi connectivity index (χ1) is 9.55. The summed E-state index contributed by atoms with van der Waals surface area (Å²) in [5.41, 5.74) is 0.496. The summed E-state index contributed by atoms with van der Waals surface area (Å²) in [5.74, 6) is 0.595. The molecule has 3 aromatic rings. The van der Waals surface area contributed by atoms with Gasteiger partial charge in [-0.15, -0.1) is 0 Å². The second kappa shape index (κ2) is 4.67. The number of benzene rings is 1. The van der Waals surface area contributed by atoms with Crippen LogP contribution in [0, 0.1) is 0 Å². The van der Waals surface area contributed by atoms with Gasteiger partial charge in [-0.2, -0.15) is 13.2 Å². The van der Waals surface area contributed by atoms with E-state index in [-0.39, 0.29) is 12.0 Å². The van der Waals surface area contributed by atoms with Crippen LogP contribution < -0.4 is 0 Å². The summed E-state index contributed by atoms with van der Waals surface area (Å²) in [6, 6.07) is 11.2. The Labute approximate surface area is 113 Å². The van der Waals surface area contributed by atoms with Crippen LogP contribution >= 0.6 is 0 Å². The Morgan fingerprint density at radius 1 is 1.00 bits per heavy atom. The summed E-state index contributed by atoms with van der Waals surface area (Å²) in [7, 11) is 0. The Hall–Kier alpha value is -2.30. The molecule has 0 amide bonds. The predicted octanol–water partition coefficient (Wildman–Crippen LogP) is 3.94. The fourth-order valence-electron chi connectivity index (χ4n) is 2.25. The van der Waals surface area contributed by atoms with Crippen molar-refractivity contribution in [3.63, 3.8) is 0 Å². The van der Waals surface area contributed by atoms with Gasteiger partial charge >= 0.3 is 6.18 Å². The number of halogens is 3. The van der Waals surface area contributed by atoms with E-state index >= 15 is 0 Å². The standard InChI is InChI=1S/C15H11F3N2/c16-15(17,18)13-7-2-1-5-11(13)9-14-19-10-12-6-3-4-8-20(12)14/h1-8,10H,9H2. The van der Waals surface area contributed by atoms with Crippen LogP contribution in [0.4, 0.5) is 13.2 Å². The van der Waals surface area contributed by atoms with E-state index in [9.17, 15) is 13.2 Å². The van der Waals surface area contributed by atoms with Gasteiger partial charge in [-0.25, -0.2) is 4.98 Å². The summed E-state index contributed by atoms with van der Waals surface area (Å²) >= 11 is 0. The Morgan fingerprint density at radius 2 is 1.75 bits per heavy atom. The van der Waals surface area contributed by atoms with E-state index in [2.05, 4.69) is 4.98 Å². The van der Waals surface area contributed by atoms with Gasteiger partial charge in [0.2, 0.25) is 0 Å². The summed E-state index contributed by atoms with van der Waals surface area (Å²) < 4.78 is 40.7. The number of aromatic nitrogens is 2. The zero-order valence-corrected chi connectivity index (χ0v) is 10.4. The van der Waals surface area contributed by atoms with Gasteiger partial charge in [0.05, 0.1) is 17.3 Å². The van der Waals surface area contributed by atoms with Gasteiger partial charge in [0, 0.05) is 12.6 Å². The second-order valence-corrected chi connectivity index (χ2v) is 4.50. The Balaban J connectivity index is 2.04. The average Bonchev–Trinajstić information content (AvgIpc) is 2.82. The highest BCUT2D eigenvalue weighted by atomic mass is 19.4. The van der Waals surface area contributed by atoms with E-state index in [4.69, 9.17) is 0 Å². The van der Waals surface area contributed by atoms with Crippen LogP contribution in [0.1, 0.15) is 17.0 Å². The van der Waals surface area contributed by atoms with Gasteiger partial charge in [-0.05, 0) is 23.8 Å². The highest BCUT2D eigenvalue weighted by Crippen LogP contribution is 2.32. The number of hydrogen-bond donors (Lipinski definition) is 0. The molecule has 5 heteroatoms. The van der Waals surface area contributed by atoms with Gasteiger partial charge < -0.3 is 4.40 Å². The fraction of sp³-hybridized carbons (Fsp3) is 0.133. The molecule has 0 unspecified atom stereocenters. The van der Waals surface area contributed by atoms with Crippen molar-refractivity contribution in [1.29, 1.82) is 0 Å². The first kappa shape index (κ1) is 12.7. The van der Waals surface area contributed by atoms with Crippen LogP contribution in [-0.2, 0) is 12.6 Å². The number of hydrogen-bond acceptors (Lipinski definition) is 1. The Morgan fingerprint density at radius 3 is 2.55 bits per heavy atom. The summed E-state index contributed by atoms with van der Waals surface area (Å²) in [4.78, 5) is 4.21. The minimum Gasteiger partial charge on any atom is -0.303 e. The molecule has 3 rings (SSSR count). The van der Waals surface area contributed by atoms with Gasteiger partial charge in [-0.1, -0.05) is 24.3 Å². The van der Waals surface area contributed by atoms with E-state index in [0.29, 0.717) is 5.82 Å². The van der Waals surface area contributed by atoms with Gasteiger partial charge in [0.25, 0.3) is 0 Å². The SMILES string of the molecule is FC(F)(F)c1ccccc1Cc1ncc2ccccn12. The molecule has 2 nitrogen and oxygen atoms in total. The maximum absolute atomic E-state index is 13.0. The van der Waals surface area contributed by atoms with Crippen LogP contribution in [0.5, 0.6) is 0 Å². The molecule has 0 aliphatic rings. The third kappa shape index (κ3) is 2.27. The molecule has 0 aliphatic carbocycles. The van der Waals surface area contributed by atoms with Crippen molar-refractivity contribution in [3.8, 4) is 0 Å². The lowest BCUT2D eigenvalue weighted by Gasteiger charge is -2.12.